The average molecular weight is 253 g/mol. The minimum absolute atomic E-state index is 0.0412. The van der Waals surface area contributed by atoms with Gasteiger partial charge < -0.3 is 5.11 Å². The van der Waals surface area contributed by atoms with Crippen molar-refractivity contribution in [2.45, 2.75) is 19.3 Å². The van der Waals surface area contributed by atoms with Crippen molar-refractivity contribution in [2.75, 3.05) is 0 Å². The van der Waals surface area contributed by atoms with Crippen molar-refractivity contribution in [1.82, 2.24) is 4.98 Å². The molecule has 3 nitrogen and oxygen atoms in total. The predicted molar refractivity (Wildman–Crippen MR) is 72.2 cm³/mol. The van der Waals surface area contributed by atoms with Crippen molar-refractivity contribution in [3.63, 3.8) is 0 Å². The molecular weight excluding hydrogens is 238 g/mol. The Hall–Kier alpha value is -2.16. The Morgan fingerprint density at radius 3 is 2.79 bits per heavy atom. The highest BCUT2D eigenvalue weighted by molar-refractivity contribution is 6.00. The summed E-state index contributed by atoms with van der Waals surface area (Å²) in [6.07, 6.45) is 5.98. The van der Waals surface area contributed by atoms with Crippen molar-refractivity contribution in [1.29, 1.82) is 0 Å². The lowest BCUT2D eigenvalue weighted by Crippen LogP contribution is -2.24. The molecular formula is C16H15NO2. The second-order valence-electron chi connectivity index (χ2n) is 5.00. The fourth-order valence-corrected chi connectivity index (χ4v) is 2.71. The summed E-state index contributed by atoms with van der Waals surface area (Å²) in [5, 5.41) is 9.46. The van der Waals surface area contributed by atoms with Crippen molar-refractivity contribution >= 4 is 5.78 Å². The van der Waals surface area contributed by atoms with Gasteiger partial charge in [-0.2, -0.15) is 0 Å². The summed E-state index contributed by atoms with van der Waals surface area (Å²) >= 11 is 0. The maximum atomic E-state index is 12.4. The fourth-order valence-electron chi connectivity index (χ4n) is 2.71. The van der Waals surface area contributed by atoms with Crippen molar-refractivity contribution in [3.05, 3.63) is 59.4 Å². The minimum Gasteiger partial charge on any atom is -0.508 e. The number of phenols is 1. The number of fused-ring (bicyclic) bond motifs is 1. The van der Waals surface area contributed by atoms with Gasteiger partial charge in [0.15, 0.2) is 5.78 Å². The summed E-state index contributed by atoms with van der Waals surface area (Å²) in [5.41, 5.74) is 2.88. The van der Waals surface area contributed by atoms with Crippen LogP contribution in [0.15, 0.2) is 42.7 Å². The Labute approximate surface area is 111 Å². The van der Waals surface area contributed by atoms with Crippen LogP contribution in [0.4, 0.5) is 0 Å². The number of ketones is 1. The number of aromatic hydroxyl groups is 1. The SMILES string of the molecule is O=C1c2ccc(O)cc2CC[C@H]1Cc1ccncc1. The largest absolute Gasteiger partial charge is 0.508 e. The van der Waals surface area contributed by atoms with E-state index in [0.29, 0.717) is 0 Å². The highest BCUT2D eigenvalue weighted by Gasteiger charge is 2.27. The van der Waals surface area contributed by atoms with E-state index in [1.807, 2.05) is 12.1 Å². The molecule has 3 heteroatoms. The number of carbonyl (C=O) groups is 1. The van der Waals surface area contributed by atoms with Gasteiger partial charge in [-0.1, -0.05) is 0 Å². The summed E-state index contributed by atoms with van der Waals surface area (Å²) in [6.45, 7) is 0. The number of aromatic nitrogens is 1. The molecule has 0 unspecified atom stereocenters. The molecule has 0 saturated carbocycles. The molecule has 0 bridgehead atoms. The number of Topliss-reactive ketones (excluding diaryl/α,β-unsaturated/α-hetero) is 1. The summed E-state index contributed by atoms with van der Waals surface area (Å²) in [5.74, 6) is 0.469. The summed E-state index contributed by atoms with van der Waals surface area (Å²) in [4.78, 5) is 16.4. The van der Waals surface area contributed by atoms with Gasteiger partial charge in [0, 0.05) is 23.9 Å². The van der Waals surface area contributed by atoms with Crippen LogP contribution in [0.25, 0.3) is 0 Å². The van der Waals surface area contributed by atoms with Crippen molar-refractivity contribution < 1.29 is 9.90 Å². The molecule has 3 rings (SSSR count). The van der Waals surface area contributed by atoms with Crippen LogP contribution in [0.1, 0.15) is 27.9 Å². The standard InChI is InChI=1S/C16H15NO2/c18-14-3-4-15-12(10-14)1-2-13(16(15)19)9-11-5-7-17-8-6-11/h3-8,10,13,18H,1-2,9H2/t13-/m0/s1. The molecule has 1 atom stereocenters. The van der Waals surface area contributed by atoms with Crippen molar-refractivity contribution in [2.24, 2.45) is 5.92 Å². The van der Waals surface area contributed by atoms with Gasteiger partial charge >= 0.3 is 0 Å². The Morgan fingerprint density at radius 1 is 1.21 bits per heavy atom. The van der Waals surface area contributed by atoms with E-state index >= 15 is 0 Å². The van der Waals surface area contributed by atoms with E-state index in [2.05, 4.69) is 4.98 Å². The molecule has 1 aliphatic carbocycles. The number of carbonyl (C=O) groups excluding carboxylic acids is 1. The van der Waals surface area contributed by atoms with Gasteiger partial charge in [-0.05, 0) is 60.7 Å². The first-order valence-corrected chi connectivity index (χ1v) is 6.49. The zero-order valence-electron chi connectivity index (χ0n) is 10.5. The number of benzene rings is 1. The number of hydrogen-bond donors (Lipinski definition) is 1. The number of nitrogens with zero attached hydrogens (tertiary/aromatic N) is 1. The zero-order chi connectivity index (χ0) is 13.2. The molecule has 96 valence electrons. The number of hydrogen-bond acceptors (Lipinski definition) is 3. The minimum atomic E-state index is 0.0412. The summed E-state index contributed by atoms with van der Waals surface area (Å²) < 4.78 is 0. The van der Waals surface area contributed by atoms with E-state index in [1.165, 1.54) is 0 Å². The van der Waals surface area contributed by atoms with Crippen LogP contribution >= 0.6 is 0 Å². The average Bonchev–Trinajstić information content (AvgIpc) is 2.43. The molecule has 1 N–H and O–H groups in total. The van der Waals surface area contributed by atoms with Gasteiger partial charge in [0.2, 0.25) is 0 Å². The van der Waals surface area contributed by atoms with E-state index in [1.54, 1.807) is 30.6 Å². The third kappa shape index (κ3) is 2.36. The van der Waals surface area contributed by atoms with Gasteiger partial charge in [0.05, 0.1) is 0 Å². The molecule has 0 spiro atoms. The topological polar surface area (TPSA) is 50.2 Å². The molecule has 0 radical (unpaired) electrons. The maximum Gasteiger partial charge on any atom is 0.166 e. The zero-order valence-corrected chi connectivity index (χ0v) is 10.5. The predicted octanol–water partition coefficient (Wildman–Crippen LogP) is 2.78. The van der Waals surface area contributed by atoms with E-state index < -0.39 is 0 Å². The van der Waals surface area contributed by atoms with Crippen LogP contribution in [-0.2, 0) is 12.8 Å². The van der Waals surface area contributed by atoms with Gasteiger partial charge in [0.25, 0.3) is 0 Å². The summed E-state index contributed by atoms with van der Waals surface area (Å²) in [7, 11) is 0. The molecule has 19 heavy (non-hydrogen) atoms. The Morgan fingerprint density at radius 2 is 2.00 bits per heavy atom. The normalized spacial score (nSPS) is 18.1. The van der Waals surface area contributed by atoms with Gasteiger partial charge in [-0.3, -0.25) is 9.78 Å². The first kappa shape index (κ1) is 11.9. The van der Waals surface area contributed by atoms with E-state index in [-0.39, 0.29) is 17.5 Å². The first-order chi connectivity index (χ1) is 9.24. The van der Waals surface area contributed by atoms with Crippen LogP contribution in [0, 0.1) is 5.92 Å². The molecule has 1 aliphatic rings. The molecule has 1 aromatic carbocycles. The van der Waals surface area contributed by atoms with E-state index in [9.17, 15) is 9.90 Å². The van der Waals surface area contributed by atoms with E-state index in [4.69, 9.17) is 0 Å². The van der Waals surface area contributed by atoms with Gasteiger partial charge in [0.1, 0.15) is 5.75 Å². The molecule has 2 aromatic rings. The number of rotatable bonds is 2. The lowest BCUT2D eigenvalue weighted by molar-refractivity contribution is 0.0901. The maximum absolute atomic E-state index is 12.4. The molecule has 1 aromatic heterocycles. The number of aryl methyl sites for hydroxylation is 1. The summed E-state index contributed by atoms with van der Waals surface area (Å²) in [6, 6.07) is 8.95. The van der Waals surface area contributed by atoms with Gasteiger partial charge in [-0.25, -0.2) is 0 Å². The fraction of sp³-hybridized carbons (Fsp3) is 0.250. The Kier molecular flexibility index (Phi) is 3.03. The lowest BCUT2D eigenvalue weighted by Gasteiger charge is -2.23. The Bertz CT molecular complexity index is 607. The van der Waals surface area contributed by atoms with Crippen LogP contribution in [0.2, 0.25) is 0 Å². The van der Waals surface area contributed by atoms with Crippen LogP contribution in [0.3, 0.4) is 0 Å². The quantitative estimate of drug-likeness (QED) is 0.895. The molecule has 0 amide bonds. The second-order valence-corrected chi connectivity index (χ2v) is 5.00. The number of phenolic OH excluding ortho intramolecular Hbond substituents is 1. The highest BCUT2D eigenvalue weighted by atomic mass is 16.3. The van der Waals surface area contributed by atoms with Crippen LogP contribution < -0.4 is 0 Å². The van der Waals surface area contributed by atoms with E-state index in [0.717, 1.165) is 36.0 Å². The molecule has 0 saturated heterocycles. The smallest absolute Gasteiger partial charge is 0.166 e. The third-order valence-electron chi connectivity index (χ3n) is 3.72. The molecule has 0 aliphatic heterocycles. The number of pyridine rings is 1. The Balaban J connectivity index is 1.84. The lowest BCUT2D eigenvalue weighted by atomic mass is 9.80. The van der Waals surface area contributed by atoms with Gasteiger partial charge in [-0.15, -0.1) is 0 Å². The molecule has 1 heterocycles. The van der Waals surface area contributed by atoms with Crippen LogP contribution in [0.5, 0.6) is 5.75 Å². The monoisotopic (exact) mass is 253 g/mol. The second kappa shape index (κ2) is 4.84. The van der Waals surface area contributed by atoms with Crippen LogP contribution in [-0.4, -0.2) is 15.9 Å². The first-order valence-electron chi connectivity index (χ1n) is 6.49. The van der Waals surface area contributed by atoms with Crippen molar-refractivity contribution in [3.8, 4) is 5.75 Å². The highest BCUT2D eigenvalue weighted by Crippen LogP contribution is 2.30. The third-order valence-corrected chi connectivity index (χ3v) is 3.72. The molecule has 0 fully saturated rings.